The zero-order valence-corrected chi connectivity index (χ0v) is 7.74. The fourth-order valence-corrected chi connectivity index (χ4v) is 2.14. The van der Waals surface area contributed by atoms with Crippen LogP contribution in [-0.4, -0.2) is 0 Å². The standard InChI is InChI=1S/C10H9ClF2/c11-8-5-1-3-7-4-2-6-10(12,13)9(7)8/h1,3,5H,2,4,6H2. The Labute approximate surface area is 80.5 Å². The first-order valence-corrected chi connectivity index (χ1v) is 4.65. The lowest BCUT2D eigenvalue weighted by atomic mass is 9.89. The van der Waals surface area contributed by atoms with E-state index in [0.29, 0.717) is 18.4 Å². The van der Waals surface area contributed by atoms with Crippen molar-refractivity contribution in [3.8, 4) is 0 Å². The fourth-order valence-electron chi connectivity index (χ4n) is 1.81. The summed E-state index contributed by atoms with van der Waals surface area (Å²) >= 11 is 5.75. The highest BCUT2D eigenvalue weighted by Gasteiger charge is 2.38. The molecule has 0 amide bonds. The molecule has 0 radical (unpaired) electrons. The Morgan fingerprint density at radius 1 is 1.31 bits per heavy atom. The van der Waals surface area contributed by atoms with Crippen LogP contribution in [0.5, 0.6) is 0 Å². The van der Waals surface area contributed by atoms with Crippen LogP contribution in [0.1, 0.15) is 24.0 Å². The monoisotopic (exact) mass is 202 g/mol. The molecular weight excluding hydrogens is 194 g/mol. The van der Waals surface area contributed by atoms with E-state index in [1.807, 2.05) is 0 Å². The van der Waals surface area contributed by atoms with Gasteiger partial charge in [0.25, 0.3) is 5.92 Å². The zero-order valence-electron chi connectivity index (χ0n) is 6.99. The molecule has 1 aromatic rings. The van der Waals surface area contributed by atoms with Crippen molar-refractivity contribution in [3.05, 3.63) is 34.3 Å². The van der Waals surface area contributed by atoms with Gasteiger partial charge in [-0.3, -0.25) is 0 Å². The van der Waals surface area contributed by atoms with Crippen molar-refractivity contribution in [1.82, 2.24) is 0 Å². The van der Waals surface area contributed by atoms with Crippen LogP contribution in [0.2, 0.25) is 5.02 Å². The second kappa shape index (κ2) is 2.95. The molecule has 2 rings (SSSR count). The summed E-state index contributed by atoms with van der Waals surface area (Å²) in [6.07, 6.45) is 1.18. The molecule has 0 aromatic heterocycles. The van der Waals surface area contributed by atoms with Crippen LogP contribution in [0.4, 0.5) is 8.78 Å². The summed E-state index contributed by atoms with van der Waals surface area (Å²) < 4.78 is 26.7. The summed E-state index contributed by atoms with van der Waals surface area (Å²) in [5, 5.41) is 0.196. The quantitative estimate of drug-likeness (QED) is 0.601. The predicted molar refractivity (Wildman–Crippen MR) is 48.3 cm³/mol. The van der Waals surface area contributed by atoms with E-state index in [1.165, 1.54) is 6.07 Å². The molecule has 0 fully saturated rings. The van der Waals surface area contributed by atoms with Gasteiger partial charge >= 0.3 is 0 Å². The minimum atomic E-state index is -2.73. The highest BCUT2D eigenvalue weighted by Crippen LogP contribution is 2.43. The van der Waals surface area contributed by atoms with Gasteiger partial charge in [0.15, 0.2) is 0 Å². The number of rotatable bonds is 0. The lowest BCUT2D eigenvalue weighted by Crippen LogP contribution is -2.21. The molecule has 13 heavy (non-hydrogen) atoms. The van der Waals surface area contributed by atoms with Gasteiger partial charge in [0.05, 0.1) is 5.02 Å². The normalized spacial score (nSPS) is 19.6. The lowest BCUT2D eigenvalue weighted by molar-refractivity contribution is -0.0215. The molecule has 70 valence electrons. The van der Waals surface area contributed by atoms with Crippen LogP contribution >= 0.6 is 11.6 Å². The number of hydrogen-bond donors (Lipinski definition) is 0. The second-order valence-electron chi connectivity index (χ2n) is 3.33. The first-order valence-electron chi connectivity index (χ1n) is 4.27. The average Bonchev–Trinajstić information content (AvgIpc) is 2.02. The van der Waals surface area contributed by atoms with E-state index in [9.17, 15) is 8.78 Å². The zero-order chi connectivity index (χ0) is 9.47. The lowest BCUT2D eigenvalue weighted by Gasteiger charge is -2.25. The molecule has 0 aliphatic heterocycles. The Balaban J connectivity index is 2.61. The number of alkyl halides is 2. The summed E-state index contributed by atoms with van der Waals surface area (Å²) in [7, 11) is 0. The summed E-state index contributed by atoms with van der Waals surface area (Å²) in [6.45, 7) is 0. The average molecular weight is 203 g/mol. The molecule has 0 spiro atoms. The molecule has 0 N–H and O–H groups in total. The van der Waals surface area contributed by atoms with E-state index in [4.69, 9.17) is 11.6 Å². The molecule has 0 saturated heterocycles. The van der Waals surface area contributed by atoms with Gasteiger partial charge in [0.1, 0.15) is 0 Å². The van der Waals surface area contributed by atoms with Crippen LogP contribution in [0.3, 0.4) is 0 Å². The number of halogens is 3. The van der Waals surface area contributed by atoms with Gasteiger partial charge in [-0.25, -0.2) is 8.78 Å². The molecule has 1 aromatic carbocycles. The van der Waals surface area contributed by atoms with Crippen molar-refractivity contribution in [2.45, 2.75) is 25.2 Å². The predicted octanol–water partition coefficient (Wildman–Crippen LogP) is 3.77. The Morgan fingerprint density at radius 3 is 2.77 bits per heavy atom. The van der Waals surface area contributed by atoms with Crippen LogP contribution in [0.15, 0.2) is 18.2 Å². The number of benzene rings is 1. The molecular formula is C10H9ClF2. The van der Waals surface area contributed by atoms with Gasteiger partial charge in [-0.05, 0) is 24.5 Å². The maximum Gasteiger partial charge on any atom is 0.274 e. The van der Waals surface area contributed by atoms with E-state index in [-0.39, 0.29) is 17.0 Å². The molecule has 0 unspecified atom stereocenters. The number of fused-ring (bicyclic) bond motifs is 1. The Morgan fingerprint density at radius 2 is 2.08 bits per heavy atom. The molecule has 3 heteroatoms. The van der Waals surface area contributed by atoms with E-state index in [2.05, 4.69) is 0 Å². The second-order valence-corrected chi connectivity index (χ2v) is 3.74. The summed E-state index contributed by atoms with van der Waals surface area (Å²) in [4.78, 5) is 0. The van der Waals surface area contributed by atoms with E-state index in [0.717, 1.165) is 0 Å². The first kappa shape index (κ1) is 8.95. The summed E-state index contributed by atoms with van der Waals surface area (Å²) in [5.41, 5.74) is 0.742. The van der Waals surface area contributed by atoms with Crippen molar-refractivity contribution in [1.29, 1.82) is 0 Å². The van der Waals surface area contributed by atoms with Gasteiger partial charge < -0.3 is 0 Å². The third-order valence-electron chi connectivity index (χ3n) is 2.40. The van der Waals surface area contributed by atoms with Crippen molar-refractivity contribution in [3.63, 3.8) is 0 Å². The van der Waals surface area contributed by atoms with Gasteiger partial charge in [-0.15, -0.1) is 0 Å². The minimum Gasteiger partial charge on any atom is -0.201 e. The minimum absolute atomic E-state index is 0.0444. The Kier molecular flexibility index (Phi) is 2.03. The summed E-state index contributed by atoms with van der Waals surface area (Å²) in [5.74, 6) is -2.73. The fraction of sp³-hybridized carbons (Fsp3) is 0.400. The van der Waals surface area contributed by atoms with Crippen molar-refractivity contribution in [2.75, 3.05) is 0 Å². The van der Waals surface area contributed by atoms with E-state index in [1.54, 1.807) is 12.1 Å². The number of aryl methyl sites for hydroxylation is 1. The van der Waals surface area contributed by atoms with Crippen LogP contribution in [0.25, 0.3) is 0 Å². The van der Waals surface area contributed by atoms with E-state index >= 15 is 0 Å². The Bertz CT molecular complexity index is 334. The topological polar surface area (TPSA) is 0 Å². The van der Waals surface area contributed by atoms with E-state index < -0.39 is 5.92 Å². The van der Waals surface area contributed by atoms with Gasteiger partial charge in [-0.1, -0.05) is 23.7 Å². The summed E-state index contributed by atoms with van der Waals surface area (Å²) in [6, 6.07) is 4.98. The van der Waals surface area contributed by atoms with Crippen LogP contribution in [-0.2, 0) is 12.3 Å². The van der Waals surface area contributed by atoms with Gasteiger partial charge in [0, 0.05) is 12.0 Å². The molecule has 1 aliphatic rings. The number of hydrogen-bond acceptors (Lipinski definition) is 0. The first-order chi connectivity index (χ1) is 6.11. The third kappa shape index (κ3) is 1.44. The van der Waals surface area contributed by atoms with Crippen LogP contribution in [0, 0.1) is 0 Å². The SMILES string of the molecule is FC1(F)CCCc2cccc(Cl)c21. The maximum absolute atomic E-state index is 13.4. The van der Waals surface area contributed by atoms with Crippen LogP contribution < -0.4 is 0 Å². The van der Waals surface area contributed by atoms with Crippen molar-refractivity contribution < 1.29 is 8.78 Å². The maximum atomic E-state index is 13.4. The smallest absolute Gasteiger partial charge is 0.201 e. The largest absolute Gasteiger partial charge is 0.274 e. The van der Waals surface area contributed by atoms with Gasteiger partial charge in [-0.2, -0.15) is 0 Å². The van der Waals surface area contributed by atoms with Gasteiger partial charge in [0.2, 0.25) is 0 Å². The third-order valence-corrected chi connectivity index (χ3v) is 2.72. The molecule has 1 aliphatic carbocycles. The molecule has 0 saturated carbocycles. The molecule has 0 heterocycles. The molecule has 0 bridgehead atoms. The highest BCUT2D eigenvalue weighted by atomic mass is 35.5. The molecule has 0 nitrogen and oxygen atoms in total. The molecule has 0 atom stereocenters. The highest BCUT2D eigenvalue weighted by molar-refractivity contribution is 6.31. The van der Waals surface area contributed by atoms with Crippen molar-refractivity contribution >= 4 is 11.6 Å². The Hall–Kier alpha value is -0.630. The van der Waals surface area contributed by atoms with Crippen molar-refractivity contribution in [2.24, 2.45) is 0 Å².